The van der Waals surface area contributed by atoms with Gasteiger partial charge in [-0.05, 0) is 13.3 Å². The van der Waals surface area contributed by atoms with Gasteiger partial charge in [0.15, 0.2) is 0 Å². The summed E-state index contributed by atoms with van der Waals surface area (Å²) >= 11 is 0. The second-order valence-electron chi connectivity index (χ2n) is 3.81. The normalized spacial score (nSPS) is 14.1. The van der Waals surface area contributed by atoms with E-state index in [1.54, 1.807) is 6.92 Å². The van der Waals surface area contributed by atoms with Gasteiger partial charge in [-0.2, -0.15) is 0 Å². The van der Waals surface area contributed by atoms with E-state index in [4.69, 9.17) is 0 Å². The first-order valence-corrected chi connectivity index (χ1v) is 7.37. The number of unbranched alkanes of at least 4 members (excludes halogenated alkanes) is 1. The lowest BCUT2D eigenvalue weighted by atomic mass is 10.1. The Morgan fingerprint density at radius 3 is 2.47 bits per heavy atom. The van der Waals surface area contributed by atoms with Crippen molar-refractivity contribution in [2.24, 2.45) is 0 Å². The lowest BCUT2D eigenvalue weighted by Crippen LogP contribution is -2.35. The molecular weight excluding hydrogens is 212 g/mol. The molecule has 0 saturated carbocycles. The summed E-state index contributed by atoms with van der Waals surface area (Å²) in [5, 5.41) is 3.21. The predicted molar refractivity (Wildman–Crippen MR) is 64.5 cm³/mol. The average molecular weight is 236 g/mol. The first kappa shape index (κ1) is 14.9. The van der Waals surface area contributed by atoms with Gasteiger partial charge in [-0.3, -0.25) is 0 Å². The molecule has 15 heavy (non-hydrogen) atoms. The van der Waals surface area contributed by atoms with Crippen LogP contribution in [0.3, 0.4) is 0 Å². The maximum absolute atomic E-state index is 11.3. The summed E-state index contributed by atoms with van der Waals surface area (Å²) in [6.07, 6.45) is 3.48. The Morgan fingerprint density at radius 1 is 1.27 bits per heavy atom. The third-order valence-corrected chi connectivity index (χ3v) is 3.69. The minimum Gasteiger partial charge on any atom is -0.313 e. The average Bonchev–Trinajstić information content (AvgIpc) is 2.14. The fourth-order valence-electron chi connectivity index (χ4n) is 1.34. The number of nitrogens with one attached hydrogen (secondary N) is 2. The maximum atomic E-state index is 11.3. The van der Waals surface area contributed by atoms with Gasteiger partial charge in [-0.15, -0.1) is 0 Å². The van der Waals surface area contributed by atoms with Crippen LogP contribution >= 0.6 is 0 Å². The number of sulfonamides is 1. The van der Waals surface area contributed by atoms with Crippen molar-refractivity contribution in [3.05, 3.63) is 0 Å². The molecule has 0 aromatic carbocycles. The maximum Gasteiger partial charge on any atom is 0.212 e. The predicted octanol–water partition coefficient (Wildman–Crippen LogP) is 1.09. The minimum atomic E-state index is -3.06. The van der Waals surface area contributed by atoms with Crippen LogP contribution in [0.2, 0.25) is 0 Å². The summed E-state index contributed by atoms with van der Waals surface area (Å²) in [7, 11) is -3.06. The molecule has 0 saturated heterocycles. The van der Waals surface area contributed by atoms with Gasteiger partial charge in [0.1, 0.15) is 0 Å². The summed E-state index contributed by atoms with van der Waals surface area (Å²) < 4.78 is 25.0. The van der Waals surface area contributed by atoms with E-state index in [9.17, 15) is 8.42 Å². The van der Waals surface area contributed by atoms with Gasteiger partial charge in [0.25, 0.3) is 0 Å². The molecule has 0 aliphatic heterocycles. The zero-order chi connectivity index (χ0) is 11.7. The summed E-state index contributed by atoms with van der Waals surface area (Å²) in [5.41, 5.74) is 0. The van der Waals surface area contributed by atoms with Gasteiger partial charge < -0.3 is 5.32 Å². The topological polar surface area (TPSA) is 58.2 Å². The Kier molecular flexibility index (Phi) is 8.00. The van der Waals surface area contributed by atoms with Crippen LogP contribution in [0.25, 0.3) is 0 Å². The van der Waals surface area contributed by atoms with E-state index < -0.39 is 10.0 Å². The highest BCUT2D eigenvalue weighted by molar-refractivity contribution is 7.89. The molecule has 0 bridgehead atoms. The number of hydrogen-bond donors (Lipinski definition) is 2. The van der Waals surface area contributed by atoms with E-state index in [1.165, 1.54) is 12.8 Å². The zero-order valence-corrected chi connectivity index (χ0v) is 10.9. The van der Waals surface area contributed by atoms with Crippen LogP contribution in [0.15, 0.2) is 0 Å². The van der Waals surface area contributed by atoms with Gasteiger partial charge in [0.2, 0.25) is 10.0 Å². The molecule has 0 amide bonds. The van der Waals surface area contributed by atoms with Crippen LogP contribution in [0.4, 0.5) is 0 Å². The highest BCUT2D eigenvalue weighted by Gasteiger charge is 2.08. The molecule has 0 rings (SSSR count). The van der Waals surface area contributed by atoms with Crippen molar-refractivity contribution < 1.29 is 8.42 Å². The molecule has 0 radical (unpaired) electrons. The van der Waals surface area contributed by atoms with Crippen molar-refractivity contribution in [3.63, 3.8) is 0 Å². The highest BCUT2D eigenvalue weighted by atomic mass is 32.2. The quantitative estimate of drug-likeness (QED) is 0.630. The molecule has 1 atom stereocenters. The Morgan fingerprint density at radius 2 is 1.93 bits per heavy atom. The van der Waals surface area contributed by atoms with E-state index in [-0.39, 0.29) is 5.75 Å². The van der Waals surface area contributed by atoms with Crippen LogP contribution in [0.5, 0.6) is 0 Å². The summed E-state index contributed by atoms with van der Waals surface area (Å²) in [6.45, 7) is 7.03. The lowest BCUT2D eigenvalue weighted by molar-refractivity contribution is 0.505. The molecule has 2 N–H and O–H groups in total. The second kappa shape index (κ2) is 8.07. The molecular formula is C10H24N2O2S. The molecule has 0 aromatic heterocycles. The van der Waals surface area contributed by atoms with Gasteiger partial charge in [0, 0.05) is 19.1 Å². The smallest absolute Gasteiger partial charge is 0.212 e. The first-order chi connectivity index (χ1) is 7.02. The third-order valence-electron chi connectivity index (χ3n) is 2.22. The molecule has 0 aromatic rings. The van der Waals surface area contributed by atoms with E-state index in [0.29, 0.717) is 19.1 Å². The van der Waals surface area contributed by atoms with Crippen molar-refractivity contribution in [1.29, 1.82) is 0 Å². The summed E-state index contributed by atoms with van der Waals surface area (Å²) in [4.78, 5) is 0. The molecule has 0 heterocycles. The van der Waals surface area contributed by atoms with Gasteiger partial charge in [-0.1, -0.05) is 26.7 Å². The third kappa shape index (κ3) is 8.84. The molecule has 5 heteroatoms. The van der Waals surface area contributed by atoms with E-state index in [1.807, 2.05) is 0 Å². The zero-order valence-electron chi connectivity index (χ0n) is 10.0. The SMILES string of the molecule is CCCCC(C)NCCS(=O)(=O)NCC. The Labute approximate surface area is 93.9 Å². The lowest BCUT2D eigenvalue weighted by Gasteiger charge is -2.13. The monoisotopic (exact) mass is 236 g/mol. The van der Waals surface area contributed by atoms with Gasteiger partial charge >= 0.3 is 0 Å². The largest absolute Gasteiger partial charge is 0.313 e. The summed E-state index contributed by atoms with van der Waals surface area (Å²) in [5.74, 6) is 0.164. The first-order valence-electron chi connectivity index (χ1n) is 5.72. The van der Waals surface area contributed by atoms with Crippen LogP contribution in [-0.2, 0) is 10.0 Å². The van der Waals surface area contributed by atoms with Crippen molar-refractivity contribution in [2.45, 2.75) is 46.1 Å². The Balaban J connectivity index is 3.60. The fraction of sp³-hybridized carbons (Fsp3) is 1.00. The van der Waals surface area contributed by atoms with Crippen LogP contribution in [0.1, 0.15) is 40.0 Å². The van der Waals surface area contributed by atoms with Crippen molar-refractivity contribution in [1.82, 2.24) is 10.0 Å². The number of rotatable bonds is 9. The molecule has 0 aliphatic rings. The van der Waals surface area contributed by atoms with Crippen molar-refractivity contribution in [3.8, 4) is 0 Å². The minimum absolute atomic E-state index is 0.164. The fourth-order valence-corrected chi connectivity index (χ4v) is 2.31. The van der Waals surface area contributed by atoms with Crippen LogP contribution < -0.4 is 10.0 Å². The molecule has 0 spiro atoms. The second-order valence-corrected chi connectivity index (χ2v) is 5.74. The molecule has 0 fully saturated rings. The van der Waals surface area contributed by atoms with Crippen LogP contribution in [-0.4, -0.2) is 33.3 Å². The number of hydrogen-bond acceptors (Lipinski definition) is 3. The van der Waals surface area contributed by atoms with E-state index in [0.717, 1.165) is 6.42 Å². The van der Waals surface area contributed by atoms with Crippen molar-refractivity contribution >= 4 is 10.0 Å². The van der Waals surface area contributed by atoms with Gasteiger partial charge in [0.05, 0.1) is 5.75 Å². The van der Waals surface area contributed by atoms with Crippen molar-refractivity contribution in [2.75, 3.05) is 18.8 Å². The standard InChI is InChI=1S/C10H24N2O2S/c1-4-6-7-10(3)11-8-9-15(13,14)12-5-2/h10-12H,4-9H2,1-3H3. The Hall–Kier alpha value is -0.130. The Bertz CT molecular complexity index is 240. The van der Waals surface area contributed by atoms with E-state index in [2.05, 4.69) is 23.9 Å². The summed E-state index contributed by atoms with van der Waals surface area (Å²) in [6, 6.07) is 0.404. The van der Waals surface area contributed by atoms with Crippen LogP contribution in [0, 0.1) is 0 Å². The van der Waals surface area contributed by atoms with Gasteiger partial charge in [-0.25, -0.2) is 13.1 Å². The molecule has 1 unspecified atom stereocenters. The molecule has 4 nitrogen and oxygen atoms in total. The molecule has 0 aliphatic carbocycles. The van der Waals surface area contributed by atoms with E-state index >= 15 is 0 Å². The highest BCUT2D eigenvalue weighted by Crippen LogP contribution is 1.98. The molecule has 92 valence electrons.